The molecule has 1 fully saturated rings. The van der Waals surface area contributed by atoms with Crippen molar-refractivity contribution in [2.75, 3.05) is 31.0 Å². The molecule has 1 saturated heterocycles. The van der Waals surface area contributed by atoms with Crippen LogP contribution in [-0.2, 0) is 4.79 Å². The summed E-state index contributed by atoms with van der Waals surface area (Å²) in [5.41, 5.74) is 0.363. The summed E-state index contributed by atoms with van der Waals surface area (Å²) in [5, 5.41) is 5.74. The summed E-state index contributed by atoms with van der Waals surface area (Å²) in [6, 6.07) is 3.74. The summed E-state index contributed by atoms with van der Waals surface area (Å²) < 4.78 is 13.6. The molecule has 2 N–H and O–H groups in total. The molecule has 1 atom stereocenters. The van der Waals surface area contributed by atoms with Gasteiger partial charge >= 0.3 is 0 Å². The van der Waals surface area contributed by atoms with E-state index in [2.05, 4.69) is 10.6 Å². The van der Waals surface area contributed by atoms with Gasteiger partial charge in [-0.15, -0.1) is 11.8 Å². The van der Waals surface area contributed by atoms with E-state index in [-0.39, 0.29) is 17.5 Å². The maximum absolute atomic E-state index is 13.6. The fourth-order valence-electron chi connectivity index (χ4n) is 1.80. The zero-order valence-corrected chi connectivity index (χ0v) is 12.1. The molecule has 1 aliphatic heterocycles. The average Bonchev–Trinajstić information content (AvgIpc) is 2.94. The Hall–Kier alpha value is -1.60. The zero-order valence-electron chi connectivity index (χ0n) is 11.3. The summed E-state index contributed by atoms with van der Waals surface area (Å²) in [4.78, 5) is 25.0. The number of amides is 2. The average molecular weight is 297 g/mol. The van der Waals surface area contributed by atoms with Gasteiger partial charge in [-0.2, -0.15) is 0 Å². The molecule has 5 nitrogen and oxygen atoms in total. The SMILES string of the molecule is CN(C)C(=O)c1cc(NC(=O)C2CSCN2)ccc1F. The highest BCUT2D eigenvalue weighted by atomic mass is 32.2. The molecule has 20 heavy (non-hydrogen) atoms. The highest BCUT2D eigenvalue weighted by molar-refractivity contribution is 7.99. The zero-order chi connectivity index (χ0) is 14.7. The number of anilines is 1. The van der Waals surface area contributed by atoms with Gasteiger partial charge in [-0.25, -0.2) is 4.39 Å². The van der Waals surface area contributed by atoms with E-state index in [0.717, 1.165) is 5.88 Å². The largest absolute Gasteiger partial charge is 0.345 e. The van der Waals surface area contributed by atoms with Crippen LogP contribution in [-0.4, -0.2) is 48.5 Å². The molecule has 2 rings (SSSR count). The molecular formula is C13H16FN3O2S. The lowest BCUT2D eigenvalue weighted by Gasteiger charge is -2.14. The molecule has 0 radical (unpaired) electrons. The minimum atomic E-state index is -0.601. The van der Waals surface area contributed by atoms with Crippen molar-refractivity contribution in [2.24, 2.45) is 0 Å². The van der Waals surface area contributed by atoms with Gasteiger partial charge in [-0.1, -0.05) is 0 Å². The third kappa shape index (κ3) is 3.29. The normalized spacial score (nSPS) is 17.9. The Kier molecular flexibility index (Phi) is 4.61. The van der Waals surface area contributed by atoms with Crippen LogP contribution >= 0.6 is 11.8 Å². The lowest BCUT2D eigenvalue weighted by molar-refractivity contribution is -0.117. The van der Waals surface area contributed by atoms with Crippen LogP contribution in [0.2, 0.25) is 0 Å². The van der Waals surface area contributed by atoms with Crippen molar-refractivity contribution in [1.29, 1.82) is 0 Å². The van der Waals surface area contributed by atoms with E-state index in [1.165, 1.54) is 23.1 Å². The van der Waals surface area contributed by atoms with Crippen LogP contribution < -0.4 is 10.6 Å². The molecule has 1 aliphatic rings. The van der Waals surface area contributed by atoms with E-state index in [9.17, 15) is 14.0 Å². The van der Waals surface area contributed by atoms with E-state index in [4.69, 9.17) is 0 Å². The van der Waals surface area contributed by atoms with Gasteiger partial charge in [-0.05, 0) is 18.2 Å². The van der Waals surface area contributed by atoms with Crippen molar-refractivity contribution in [1.82, 2.24) is 10.2 Å². The first-order valence-corrected chi connectivity index (χ1v) is 7.27. The third-order valence-corrected chi connectivity index (χ3v) is 3.84. The molecule has 1 heterocycles. The summed E-state index contributed by atoms with van der Waals surface area (Å²) in [7, 11) is 3.10. The molecule has 0 aliphatic carbocycles. The molecule has 7 heteroatoms. The van der Waals surface area contributed by atoms with Gasteiger partial charge in [0.1, 0.15) is 5.82 Å². The van der Waals surface area contributed by atoms with Crippen molar-refractivity contribution >= 4 is 29.3 Å². The number of nitrogens with zero attached hydrogens (tertiary/aromatic N) is 1. The summed E-state index contributed by atoms with van der Waals surface area (Å²) in [5.74, 6) is 0.233. The molecule has 1 aromatic rings. The van der Waals surface area contributed by atoms with E-state index >= 15 is 0 Å². The van der Waals surface area contributed by atoms with Crippen LogP contribution in [0.5, 0.6) is 0 Å². The van der Waals surface area contributed by atoms with Crippen LogP contribution in [0.15, 0.2) is 18.2 Å². The number of carbonyl (C=O) groups excluding carboxylic acids is 2. The minimum Gasteiger partial charge on any atom is -0.345 e. The molecule has 0 saturated carbocycles. The van der Waals surface area contributed by atoms with Gasteiger partial charge in [0.2, 0.25) is 5.91 Å². The molecule has 0 bridgehead atoms. The number of nitrogens with one attached hydrogen (secondary N) is 2. The minimum absolute atomic E-state index is 0.0541. The first-order chi connectivity index (χ1) is 9.49. The highest BCUT2D eigenvalue weighted by Gasteiger charge is 2.23. The van der Waals surface area contributed by atoms with E-state index in [0.29, 0.717) is 11.4 Å². The second kappa shape index (κ2) is 6.23. The Bertz CT molecular complexity index is 530. The van der Waals surface area contributed by atoms with Crippen LogP contribution in [0, 0.1) is 5.82 Å². The molecule has 1 aromatic carbocycles. The second-order valence-corrected chi connectivity index (χ2v) is 5.69. The lowest BCUT2D eigenvalue weighted by atomic mass is 10.1. The number of carbonyl (C=O) groups is 2. The molecule has 0 aromatic heterocycles. The van der Waals surface area contributed by atoms with E-state index in [1.54, 1.807) is 25.9 Å². The molecule has 0 spiro atoms. The van der Waals surface area contributed by atoms with Gasteiger partial charge < -0.3 is 10.2 Å². The van der Waals surface area contributed by atoms with Crippen molar-refractivity contribution in [3.63, 3.8) is 0 Å². The topological polar surface area (TPSA) is 61.4 Å². The van der Waals surface area contributed by atoms with Crippen molar-refractivity contribution in [3.05, 3.63) is 29.6 Å². The van der Waals surface area contributed by atoms with Crippen LogP contribution in [0.1, 0.15) is 10.4 Å². The maximum atomic E-state index is 13.6. The highest BCUT2D eigenvalue weighted by Crippen LogP contribution is 2.17. The van der Waals surface area contributed by atoms with E-state index in [1.807, 2.05) is 0 Å². The van der Waals surface area contributed by atoms with Crippen molar-refractivity contribution in [3.8, 4) is 0 Å². The number of hydrogen-bond acceptors (Lipinski definition) is 4. The first-order valence-electron chi connectivity index (χ1n) is 6.12. The van der Waals surface area contributed by atoms with E-state index < -0.39 is 11.7 Å². The predicted octanol–water partition coefficient (Wildman–Crippen LogP) is 1.13. The number of hydrogen-bond donors (Lipinski definition) is 2. The van der Waals surface area contributed by atoms with Crippen molar-refractivity contribution < 1.29 is 14.0 Å². The smallest absolute Gasteiger partial charge is 0.256 e. The predicted molar refractivity (Wildman–Crippen MR) is 77.3 cm³/mol. The lowest BCUT2D eigenvalue weighted by Crippen LogP contribution is -2.37. The number of rotatable bonds is 3. The number of halogens is 1. The van der Waals surface area contributed by atoms with Gasteiger partial charge in [0, 0.05) is 31.4 Å². The first kappa shape index (κ1) is 14.8. The van der Waals surface area contributed by atoms with Crippen LogP contribution in [0.4, 0.5) is 10.1 Å². The Morgan fingerprint density at radius 2 is 2.20 bits per heavy atom. The number of thioether (sulfide) groups is 1. The Morgan fingerprint density at radius 3 is 2.80 bits per heavy atom. The monoisotopic (exact) mass is 297 g/mol. The summed E-state index contributed by atoms with van der Waals surface area (Å²) in [6.45, 7) is 0. The fourth-order valence-corrected chi connectivity index (χ4v) is 2.74. The van der Waals surface area contributed by atoms with Gasteiger partial charge in [0.05, 0.1) is 11.6 Å². The summed E-state index contributed by atoms with van der Waals surface area (Å²) in [6.07, 6.45) is 0. The second-order valence-electron chi connectivity index (χ2n) is 4.66. The Balaban J connectivity index is 2.14. The van der Waals surface area contributed by atoms with Gasteiger partial charge in [-0.3, -0.25) is 14.9 Å². The van der Waals surface area contributed by atoms with Crippen molar-refractivity contribution in [2.45, 2.75) is 6.04 Å². The molecular weight excluding hydrogens is 281 g/mol. The maximum Gasteiger partial charge on any atom is 0.256 e. The standard InChI is InChI=1S/C13H16FN3O2S/c1-17(2)13(19)9-5-8(3-4-10(9)14)16-12(18)11-6-20-7-15-11/h3-5,11,15H,6-7H2,1-2H3,(H,16,18). The fraction of sp³-hybridized carbons (Fsp3) is 0.385. The Labute approximate surface area is 120 Å². The Morgan fingerprint density at radius 1 is 1.45 bits per heavy atom. The third-order valence-electron chi connectivity index (χ3n) is 2.90. The molecule has 1 unspecified atom stereocenters. The quantitative estimate of drug-likeness (QED) is 0.878. The molecule has 2 amide bonds. The van der Waals surface area contributed by atoms with Gasteiger partial charge in [0.15, 0.2) is 0 Å². The summed E-state index contributed by atoms with van der Waals surface area (Å²) >= 11 is 1.64. The van der Waals surface area contributed by atoms with Gasteiger partial charge in [0.25, 0.3) is 5.91 Å². The number of benzene rings is 1. The van der Waals surface area contributed by atoms with Crippen LogP contribution in [0.25, 0.3) is 0 Å². The molecule has 108 valence electrons. The van der Waals surface area contributed by atoms with Crippen LogP contribution in [0.3, 0.4) is 0 Å².